The topological polar surface area (TPSA) is 121 Å². The van der Waals surface area contributed by atoms with Gasteiger partial charge >= 0.3 is 0 Å². The van der Waals surface area contributed by atoms with Gasteiger partial charge in [0.05, 0.1) is 6.54 Å². The predicted octanol–water partition coefficient (Wildman–Crippen LogP) is -1.66. The van der Waals surface area contributed by atoms with Gasteiger partial charge in [0.15, 0.2) is 0 Å². The van der Waals surface area contributed by atoms with Gasteiger partial charge in [-0.2, -0.15) is 0 Å². The normalized spacial score (nSPS) is 12.1. The van der Waals surface area contributed by atoms with Crippen LogP contribution in [0.4, 0.5) is 5.82 Å². The van der Waals surface area contributed by atoms with Crippen molar-refractivity contribution < 1.29 is 9.90 Å². The summed E-state index contributed by atoms with van der Waals surface area (Å²) in [4.78, 5) is 27.9. The van der Waals surface area contributed by atoms with Crippen molar-refractivity contribution in [1.82, 2.24) is 9.97 Å². The third kappa shape index (κ3) is 3.39. The fourth-order valence-electron chi connectivity index (χ4n) is 0.972. The number of aryl methyl sites for hydroxylation is 1. The number of amides is 1. The van der Waals surface area contributed by atoms with Crippen LogP contribution < -0.4 is 16.6 Å². The molecule has 0 saturated heterocycles. The zero-order chi connectivity index (χ0) is 11.4. The molecular formula is C8H12N4O3. The van der Waals surface area contributed by atoms with Gasteiger partial charge in [0, 0.05) is 6.07 Å². The average molecular weight is 212 g/mol. The van der Waals surface area contributed by atoms with Crippen LogP contribution >= 0.6 is 0 Å². The number of aliphatic hydroxyl groups is 1. The monoisotopic (exact) mass is 212 g/mol. The largest absolute Gasteiger partial charge is 0.381 e. The number of hydrogen-bond donors (Lipinski definition) is 4. The molecule has 5 N–H and O–H groups in total. The van der Waals surface area contributed by atoms with Crippen LogP contribution in [0.1, 0.15) is 5.82 Å². The molecular weight excluding hydrogens is 200 g/mol. The highest BCUT2D eigenvalue weighted by atomic mass is 16.3. The van der Waals surface area contributed by atoms with E-state index in [2.05, 4.69) is 15.3 Å². The number of primary amides is 1. The summed E-state index contributed by atoms with van der Waals surface area (Å²) in [6.45, 7) is 1.54. The van der Waals surface area contributed by atoms with Crippen molar-refractivity contribution in [2.75, 3.05) is 11.9 Å². The number of aliphatic hydroxyl groups excluding tert-OH is 1. The van der Waals surface area contributed by atoms with Crippen molar-refractivity contribution in [2.45, 2.75) is 13.0 Å². The Labute approximate surface area is 85.3 Å². The van der Waals surface area contributed by atoms with Crippen LogP contribution in [0.25, 0.3) is 0 Å². The van der Waals surface area contributed by atoms with Gasteiger partial charge in [-0.05, 0) is 6.92 Å². The molecule has 0 radical (unpaired) electrons. The standard InChI is InChI=1S/C8H12N4O3/c1-4-11-6(2-7(14)12-4)10-3-5(13)8(9)15/h2,5,13H,3H2,1H3,(H2,9,15)(H2,10,11,12,14). The molecule has 0 saturated carbocycles. The molecule has 0 spiro atoms. The lowest BCUT2D eigenvalue weighted by atomic mass is 10.3. The summed E-state index contributed by atoms with van der Waals surface area (Å²) in [6.07, 6.45) is -1.30. The lowest BCUT2D eigenvalue weighted by Crippen LogP contribution is -2.34. The maximum atomic E-state index is 11.0. The summed E-state index contributed by atoms with van der Waals surface area (Å²) in [5, 5.41) is 11.7. The van der Waals surface area contributed by atoms with E-state index < -0.39 is 12.0 Å². The van der Waals surface area contributed by atoms with Gasteiger partial charge in [0.25, 0.3) is 5.56 Å². The first-order valence-corrected chi connectivity index (χ1v) is 4.28. The second-order valence-corrected chi connectivity index (χ2v) is 3.02. The van der Waals surface area contributed by atoms with E-state index in [1.165, 1.54) is 6.07 Å². The molecule has 0 aliphatic rings. The first-order chi connectivity index (χ1) is 6.99. The van der Waals surface area contributed by atoms with Gasteiger partial charge in [-0.3, -0.25) is 9.59 Å². The Kier molecular flexibility index (Phi) is 3.40. The Balaban J connectivity index is 2.65. The average Bonchev–Trinajstić information content (AvgIpc) is 2.12. The van der Waals surface area contributed by atoms with Gasteiger partial charge in [0.2, 0.25) is 5.91 Å². The zero-order valence-corrected chi connectivity index (χ0v) is 8.15. The van der Waals surface area contributed by atoms with E-state index in [9.17, 15) is 9.59 Å². The third-order valence-electron chi connectivity index (χ3n) is 1.67. The quantitative estimate of drug-likeness (QED) is 0.475. The summed E-state index contributed by atoms with van der Waals surface area (Å²) in [7, 11) is 0. The molecule has 1 heterocycles. The molecule has 1 aromatic heterocycles. The minimum atomic E-state index is -1.30. The zero-order valence-electron chi connectivity index (χ0n) is 8.15. The van der Waals surface area contributed by atoms with Crippen LogP contribution in [-0.4, -0.2) is 33.6 Å². The number of carbonyl (C=O) groups excluding carboxylic acids is 1. The van der Waals surface area contributed by atoms with E-state index >= 15 is 0 Å². The third-order valence-corrected chi connectivity index (χ3v) is 1.67. The number of anilines is 1. The van der Waals surface area contributed by atoms with E-state index in [0.717, 1.165) is 0 Å². The maximum absolute atomic E-state index is 11.0. The highest BCUT2D eigenvalue weighted by molar-refractivity contribution is 5.79. The van der Waals surface area contributed by atoms with Crippen molar-refractivity contribution in [1.29, 1.82) is 0 Å². The van der Waals surface area contributed by atoms with Crippen LogP contribution in [-0.2, 0) is 4.79 Å². The van der Waals surface area contributed by atoms with Gasteiger partial charge in [0.1, 0.15) is 17.7 Å². The molecule has 1 aromatic rings. The molecule has 0 fully saturated rings. The number of rotatable bonds is 4. The van der Waals surface area contributed by atoms with E-state index in [-0.39, 0.29) is 17.9 Å². The highest BCUT2D eigenvalue weighted by Crippen LogP contribution is 1.97. The van der Waals surface area contributed by atoms with E-state index in [4.69, 9.17) is 10.8 Å². The Hall–Kier alpha value is -1.89. The number of carbonyl (C=O) groups is 1. The first kappa shape index (κ1) is 11.2. The van der Waals surface area contributed by atoms with Crippen LogP contribution in [0.2, 0.25) is 0 Å². The molecule has 0 bridgehead atoms. The molecule has 7 heteroatoms. The SMILES string of the molecule is Cc1nc(NCC(O)C(N)=O)cc(=O)[nH]1. The molecule has 1 rings (SSSR count). The molecule has 1 amide bonds. The number of nitrogens with one attached hydrogen (secondary N) is 2. The lowest BCUT2D eigenvalue weighted by Gasteiger charge is -2.08. The van der Waals surface area contributed by atoms with Gasteiger partial charge in [-0.1, -0.05) is 0 Å². The fraction of sp³-hybridized carbons (Fsp3) is 0.375. The van der Waals surface area contributed by atoms with Crippen LogP contribution in [0.3, 0.4) is 0 Å². The summed E-state index contributed by atoms with van der Waals surface area (Å²) < 4.78 is 0. The molecule has 0 aromatic carbocycles. The molecule has 82 valence electrons. The Morgan fingerprint density at radius 1 is 1.80 bits per heavy atom. The first-order valence-electron chi connectivity index (χ1n) is 4.28. The van der Waals surface area contributed by atoms with Crippen LogP contribution in [0, 0.1) is 6.92 Å². The van der Waals surface area contributed by atoms with Crippen molar-refractivity contribution in [3.8, 4) is 0 Å². The summed E-state index contributed by atoms with van der Waals surface area (Å²) >= 11 is 0. The molecule has 1 atom stereocenters. The van der Waals surface area contributed by atoms with Gasteiger partial charge < -0.3 is 21.1 Å². The van der Waals surface area contributed by atoms with Crippen molar-refractivity contribution in [3.63, 3.8) is 0 Å². The summed E-state index contributed by atoms with van der Waals surface area (Å²) in [6, 6.07) is 1.22. The van der Waals surface area contributed by atoms with E-state index in [1.807, 2.05) is 0 Å². The smallest absolute Gasteiger partial charge is 0.252 e. The van der Waals surface area contributed by atoms with Gasteiger partial charge in [-0.25, -0.2) is 4.98 Å². The van der Waals surface area contributed by atoms with Crippen LogP contribution in [0.15, 0.2) is 10.9 Å². The predicted molar refractivity (Wildman–Crippen MR) is 53.3 cm³/mol. The lowest BCUT2D eigenvalue weighted by molar-refractivity contribution is -0.125. The summed E-state index contributed by atoms with van der Waals surface area (Å²) in [5.74, 6) is -0.0980. The minimum Gasteiger partial charge on any atom is -0.381 e. The van der Waals surface area contributed by atoms with Crippen LogP contribution in [0.5, 0.6) is 0 Å². The number of nitrogens with two attached hydrogens (primary N) is 1. The Morgan fingerprint density at radius 3 is 3.00 bits per heavy atom. The summed E-state index contributed by atoms with van der Waals surface area (Å²) in [5.41, 5.74) is 4.54. The molecule has 1 unspecified atom stereocenters. The number of H-pyrrole nitrogens is 1. The number of nitrogens with zero attached hydrogens (tertiary/aromatic N) is 1. The molecule has 7 nitrogen and oxygen atoms in total. The number of aromatic nitrogens is 2. The number of aromatic amines is 1. The Morgan fingerprint density at radius 2 is 2.47 bits per heavy atom. The number of hydrogen-bond acceptors (Lipinski definition) is 5. The van der Waals surface area contributed by atoms with E-state index in [1.54, 1.807) is 6.92 Å². The minimum absolute atomic E-state index is 0.0781. The van der Waals surface area contributed by atoms with E-state index in [0.29, 0.717) is 5.82 Å². The van der Waals surface area contributed by atoms with Crippen molar-refractivity contribution in [3.05, 3.63) is 22.2 Å². The molecule has 15 heavy (non-hydrogen) atoms. The highest BCUT2D eigenvalue weighted by Gasteiger charge is 2.10. The molecule has 0 aliphatic carbocycles. The van der Waals surface area contributed by atoms with Crippen molar-refractivity contribution >= 4 is 11.7 Å². The fourth-order valence-corrected chi connectivity index (χ4v) is 0.972. The van der Waals surface area contributed by atoms with Crippen molar-refractivity contribution in [2.24, 2.45) is 5.73 Å². The van der Waals surface area contributed by atoms with Gasteiger partial charge in [-0.15, -0.1) is 0 Å². The second-order valence-electron chi connectivity index (χ2n) is 3.02. The second kappa shape index (κ2) is 4.56. The maximum Gasteiger partial charge on any atom is 0.252 e. The Bertz CT molecular complexity index is 415. The molecule has 0 aliphatic heterocycles.